The van der Waals surface area contributed by atoms with E-state index >= 15 is 0 Å². The van der Waals surface area contributed by atoms with Crippen LogP contribution in [0, 0.1) is 18.2 Å². The van der Waals surface area contributed by atoms with Crippen LogP contribution >= 0.6 is 15.8 Å². The summed E-state index contributed by atoms with van der Waals surface area (Å²) in [5.41, 5.74) is 14.2. The van der Waals surface area contributed by atoms with Crippen LogP contribution in [0.2, 0.25) is 0 Å². The van der Waals surface area contributed by atoms with E-state index in [1.54, 1.807) is 31.2 Å². The Labute approximate surface area is 254 Å². The van der Waals surface area contributed by atoms with E-state index < -0.39 is 0 Å². The number of hydrogen-bond donors (Lipinski definition) is 0. The summed E-state index contributed by atoms with van der Waals surface area (Å²) in [5.74, 6) is 0. The van der Waals surface area contributed by atoms with E-state index in [1.807, 2.05) is 5.30 Å². The summed E-state index contributed by atoms with van der Waals surface area (Å²) in [4.78, 5) is 0. The molecule has 0 nitrogen and oxygen atoms in total. The van der Waals surface area contributed by atoms with Crippen LogP contribution in [-0.2, 0) is 17.1 Å². The summed E-state index contributed by atoms with van der Waals surface area (Å²) in [6, 6.07) is 8.93. The average molecular weight is 601 g/mol. The maximum atomic E-state index is 3.96. The monoisotopic (exact) mass is 600 g/mol. The number of hydrogen-bond acceptors (Lipinski definition) is 0. The zero-order valence-electron chi connectivity index (χ0n) is 24.4. The van der Waals surface area contributed by atoms with E-state index in [1.165, 1.54) is 103 Å². The normalized spacial score (nSPS) is 23.7. The van der Waals surface area contributed by atoms with Crippen molar-refractivity contribution in [3.8, 4) is 0 Å². The Bertz CT molecular complexity index is 913. The average Bonchev–Trinajstić information content (AvgIpc) is 3.72. The Hall–Kier alpha value is -0.191. The molecule has 6 rings (SSSR count). The molecular formula is C36H50FeP2. The van der Waals surface area contributed by atoms with Gasteiger partial charge in [0.25, 0.3) is 0 Å². The second-order valence-electron chi connectivity index (χ2n) is 12.6. The van der Waals surface area contributed by atoms with Gasteiger partial charge in [0.1, 0.15) is 0 Å². The quantitative estimate of drug-likeness (QED) is 0.126. The van der Waals surface area contributed by atoms with Gasteiger partial charge < -0.3 is 0 Å². The minimum atomic E-state index is 0. The van der Waals surface area contributed by atoms with Crippen molar-refractivity contribution in [1.29, 1.82) is 0 Å². The number of rotatable bonds is 7. The maximum Gasteiger partial charge on any atom is 2.00 e. The summed E-state index contributed by atoms with van der Waals surface area (Å²) < 4.78 is 0. The van der Waals surface area contributed by atoms with Gasteiger partial charge in [0.05, 0.1) is 0 Å². The molecule has 0 unspecified atom stereocenters. The molecule has 212 valence electrons. The molecule has 1 atom stereocenters. The molecule has 0 N–H and O–H groups in total. The summed E-state index contributed by atoms with van der Waals surface area (Å²) >= 11 is 0. The van der Waals surface area contributed by atoms with Gasteiger partial charge in [-0.25, -0.2) is 17.9 Å². The topological polar surface area (TPSA) is 0 Å². The predicted molar refractivity (Wildman–Crippen MR) is 167 cm³/mol. The maximum absolute atomic E-state index is 3.96. The molecule has 1 aromatic carbocycles. The van der Waals surface area contributed by atoms with Crippen molar-refractivity contribution in [3.05, 3.63) is 53.1 Å². The van der Waals surface area contributed by atoms with E-state index in [0.29, 0.717) is 0 Å². The van der Waals surface area contributed by atoms with E-state index in [0.717, 1.165) is 28.3 Å². The van der Waals surface area contributed by atoms with Crippen LogP contribution in [0.15, 0.2) is 29.3 Å². The predicted octanol–water partition coefficient (Wildman–Crippen LogP) is 10.8. The smallest absolute Gasteiger partial charge is 0.288 e. The Morgan fingerprint density at radius 3 is 1.54 bits per heavy atom. The van der Waals surface area contributed by atoms with Gasteiger partial charge in [0.15, 0.2) is 0 Å². The third kappa shape index (κ3) is 8.66. The molecule has 0 aromatic heterocycles. The molecular weight excluding hydrogens is 550 g/mol. The first kappa shape index (κ1) is 31.7. The van der Waals surface area contributed by atoms with Gasteiger partial charge in [0.2, 0.25) is 0 Å². The molecule has 3 heteroatoms. The van der Waals surface area contributed by atoms with Crippen LogP contribution in [0.1, 0.15) is 147 Å². The van der Waals surface area contributed by atoms with Gasteiger partial charge in [-0.3, -0.25) is 11.5 Å². The molecule has 0 spiro atoms. The molecule has 0 saturated heterocycles. The fraction of sp³-hybridized carbons (Fsp3) is 0.722. The largest absolute Gasteiger partial charge is 2.00 e. The molecule has 0 bridgehead atoms. The van der Waals surface area contributed by atoms with Gasteiger partial charge in [-0.05, 0) is 79.7 Å². The molecule has 0 heterocycles. The first-order valence-electron chi connectivity index (χ1n) is 16.3. The molecule has 1 aromatic rings. The van der Waals surface area contributed by atoms with E-state index in [4.69, 9.17) is 0 Å². The first-order valence-corrected chi connectivity index (χ1v) is 19.3. The SMILES string of the molecule is C[C@@H](c1[c]cc[c-]1P(C1CCCCC1)C1CCCCC1)P(C1CCCCC1)C1CCCCC1.[C]1=C=C=C=[C-]1.[Fe+2]. The minimum absolute atomic E-state index is 0. The zero-order valence-corrected chi connectivity index (χ0v) is 27.3. The summed E-state index contributed by atoms with van der Waals surface area (Å²) in [5, 5.41) is 1.87. The third-order valence-corrected chi connectivity index (χ3v) is 17.6. The summed E-state index contributed by atoms with van der Waals surface area (Å²) in [6.07, 6.45) is 35.3. The Morgan fingerprint density at radius 2 is 1.15 bits per heavy atom. The second kappa shape index (κ2) is 17.1. The Kier molecular flexibility index (Phi) is 13.9. The van der Waals surface area contributed by atoms with Crippen LogP contribution in [0.5, 0.6) is 0 Å². The van der Waals surface area contributed by atoms with E-state index in [2.05, 4.69) is 54.5 Å². The molecule has 0 amide bonds. The fourth-order valence-electron chi connectivity index (χ4n) is 8.34. The van der Waals surface area contributed by atoms with Crippen molar-refractivity contribution in [2.45, 2.75) is 164 Å². The van der Waals surface area contributed by atoms with Crippen molar-refractivity contribution in [2.24, 2.45) is 0 Å². The van der Waals surface area contributed by atoms with Crippen molar-refractivity contribution < 1.29 is 17.1 Å². The van der Waals surface area contributed by atoms with Crippen LogP contribution in [-0.4, -0.2) is 22.6 Å². The van der Waals surface area contributed by atoms with Crippen molar-refractivity contribution >= 4 is 21.1 Å². The van der Waals surface area contributed by atoms with Gasteiger partial charge in [0, 0.05) is 0 Å². The molecule has 4 saturated carbocycles. The second-order valence-corrected chi connectivity index (χ2v) is 18.5. The molecule has 2 radical (unpaired) electrons. The molecule has 4 fully saturated rings. The van der Waals surface area contributed by atoms with Gasteiger partial charge in [-0.15, -0.1) is 25.4 Å². The molecule has 39 heavy (non-hydrogen) atoms. The van der Waals surface area contributed by atoms with Crippen LogP contribution in [0.25, 0.3) is 0 Å². The van der Waals surface area contributed by atoms with Crippen LogP contribution in [0.4, 0.5) is 0 Å². The van der Waals surface area contributed by atoms with Gasteiger partial charge in [-0.2, -0.15) is 11.6 Å². The standard InChI is InChI=1S/C31H50P2.C5.Fe/c1-25(32(26-15-6-2-7-16-26)27-17-8-3-9-18-27)30-23-14-24-31(30)33(28-19-10-4-11-20-28)29-21-12-5-13-22-29;1-2-4-5-3-1;/h14,24-29H,2-13,15-22H2,1H3;;/q2*-1;+2/t25-;;/m0../s1. The van der Waals surface area contributed by atoms with E-state index in [9.17, 15) is 0 Å². The van der Waals surface area contributed by atoms with Crippen molar-refractivity contribution in [2.75, 3.05) is 0 Å². The minimum Gasteiger partial charge on any atom is -0.288 e. The number of allylic oxidation sites excluding steroid dienone is 2. The van der Waals surface area contributed by atoms with Crippen LogP contribution < -0.4 is 5.30 Å². The van der Waals surface area contributed by atoms with Crippen LogP contribution in [0.3, 0.4) is 0 Å². The van der Waals surface area contributed by atoms with Gasteiger partial charge >= 0.3 is 17.1 Å². The Morgan fingerprint density at radius 1 is 0.692 bits per heavy atom. The van der Waals surface area contributed by atoms with Gasteiger partial charge in [-0.1, -0.05) is 91.9 Å². The van der Waals surface area contributed by atoms with Crippen molar-refractivity contribution in [3.63, 3.8) is 0 Å². The summed E-state index contributed by atoms with van der Waals surface area (Å²) in [6.45, 7) is 2.69. The summed E-state index contributed by atoms with van der Waals surface area (Å²) in [7, 11) is 0.106. The van der Waals surface area contributed by atoms with Crippen molar-refractivity contribution in [1.82, 2.24) is 0 Å². The molecule has 5 aliphatic rings. The third-order valence-electron chi connectivity index (χ3n) is 10.1. The van der Waals surface area contributed by atoms with E-state index in [-0.39, 0.29) is 32.9 Å². The molecule has 0 aliphatic heterocycles. The molecule has 5 aliphatic carbocycles. The fourth-order valence-corrected chi connectivity index (χ4v) is 16.7. The first-order chi connectivity index (χ1) is 18.8. The Balaban J connectivity index is 0.000000530. The zero-order chi connectivity index (χ0) is 26.0.